The quantitative estimate of drug-likeness (QED) is 0.763. The first kappa shape index (κ1) is 12.8. The summed E-state index contributed by atoms with van der Waals surface area (Å²) in [6, 6.07) is 0.379. The molecule has 2 aliphatic heterocycles. The molecule has 2 N–H and O–H groups in total. The van der Waals surface area contributed by atoms with Crippen molar-refractivity contribution in [1.29, 1.82) is 0 Å². The van der Waals surface area contributed by atoms with Crippen LogP contribution in [-0.4, -0.2) is 48.6 Å². The van der Waals surface area contributed by atoms with Crippen molar-refractivity contribution >= 4 is 5.91 Å². The molecule has 0 radical (unpaired) electrons. The van der Waals surface area contributed by atoms with Gasteiger partial charge >= 0.3 is 0 Å². The number of likely N-dealkylation sites (tertiary alicyclic amines) is 1. The summed E-state index contributed by atoms with van der Waals surface area (Å²) in [5.41, 5.74) is -0.318. The topological polar surface area (TPSA) is 44.4 Å². The number of rotatable bonds is 3. The molecule has 1 unspecified atom stereocenters. The second-order valence-corrected chi connectivity index (χ2v) is 5.54. The largest absolute Gasteiger partial charge is 0.352 e. The van der Waals surface area contributed by atoms with Crippen LogP contribution in [0.1, 0.15) is 39.5 Å². The fraction of sp³-hybridized carbons (Fsp3) is 0.923. The predicted octanol–water partition coefficient (Wildman–Crippen LogP) is 0.729. The maximum absolute atomic E-state index is 12.2. The summed E-state index contributed by atoms with van der Waals surface area (Å²) in [7, 11) is 0. The van der Waals surface area contributed by atoms with Gasteiger partial charge in [-0.1, -0.05) is 6.92 Å². The monoisotopic (exact) mass is 239 g/mol. The molecule has 17 heavy (non-hydrogen) atoms. The minimum atomic E-state index is -0.318. The highest BCUT2D eigenvalue weighted by Crippen LogP contribution is 2.19. The van der Waals surface area contributed by atoms with Crippen molar-refractivity contribution in [3.05, 3.63) is 0 Å². The van der Waals surface area contributed by atoms with E-state index >= 15 is 0 Å². The van der Waals surface area contributed by atoms with Gasteiger partial charge < -0.3 is 15.5 Å². The molecule has 1 atom stereocenters. The van der Waals surface area contributed by atoms with Gasteiger partial charge in [0.25, 0.3) is 0 Å². The second-order valence-electron chi connectivity index (χ2n) is 5.54. The third-order valence-corrected chi connectivity index (χ3v) is 4.24. The molecule has 0 aromatic rings. The molecule has 0 aromatic heterocycles. The zero-order valence-electron chi connectivity index (χ0n) is 11.1. The molecule has 2 heterocycles. The predicted molar refractivity (Wildman–Crippen MR) is 68.9 cm³/mol. The van der Waals surface area contributed by atoms with Crippen molar-refractivity contribution in [2.75, 3.05) is 26.2 Å². The lowest BCUT2D eigenvalue weighted by atomic mass is 9.97. The van der Waals surface area contributed by atoms with Crippen LogP contribution in [0, 0.1) is 0 Å². The van der Waals surface area contributed by atoms with E-state index in [9.17, 15) is 4.79 Å². The van der Waals surface area contributed by atoms with Gasteiger partial charge in [0, 0.05) is 19.1 Å². The van der Waals surface area contributed by atoms with E-state index in [1.165, 1.54) is 0 Å². The zero-order valence-corrected chi connectivity index (χ0v) is 11.1. The zero-order chi connectivity index (χ0) is 12.3. The molecule has 0 saturated carbocycles. The molecule has 0 spiro atoms. The van der Waals surface area contributed by atoms with Gasteiger partial charge in [-0.15, -0.1) is 0 Å². The molecule has 2 fully saturated rings. The third kappa shape index (κ3) is 2.99. The van der Waals surface area contributed by atoms with E-state index < -0.39 is 0 Å². The Kier molecular flexibility index (Phi) is 4.05. The van der Waals surface area contributed by atoms with Crippen LogP contribution in [0.5, 0.6) is 0 Å². The first-order chi connectivity index (χ1) is 8.14. The van der Waals surface area contributed by atoms with Gasteiger partial charge in [-0.05, 0) is 45.7 Å². The van der Waals surface area contributed by atoms with Gasteiger partial charge in [0.2, 0.25) is 5.91 Å². The van der Waals surface area contributed by atoms with Crippen LogP contribution in [0.3, 0.4) is 0 Å². The van der Waals surface area contributed by atoms with Crippen LogP contribution in [0.4, 0.5) is 0 Å². The Morgan fingerprint density at radius 2 is 2.18 bits per heavy atom. The van der Waals surface area contributed by atoms with Gasteiger partial charge in [0.05, 0.1) is 5.54 Å². The van der Waals surface area contributed by atoms with E-state index in [1.807, 2.05) is 6.92 Å². The van der Waals surface area contributed by atoms with E-state index in [0.717, 1.165) is 51.9 Å². The molecule has 2 aliphatic rings. The van der Waals surface area contributed by atoms with E-state index in [-0.39, 0.29) is 11.4 Å². The lowest BCUT2D eigenvalue weighted by Crippen LogP contribution is -2.55. The van der Waals surface area contributed by atoms with Gasteiger partial charge in [0.15, 0.2) is 0 Å². The third-order valence-electron chi connectivity index (χ3n) is 4.24. The fourth-order valence-corrected chi connectivity index (χ4v) is 2.83. The molecular formula is C13H25N3O. The van der Waals surface area contributed by atoms with Crippen LogP contribution >= 0.6 is 0 Å². The first-order valence-electron chi connectivity index (χ1n) is 6.92. The number of nitrogens with one attached hydrogen (secondary N) is 2. The van der Waals surface area contributed by atoms with Crippen LogP contribution < -0.4 is 10.6 Å². The minimum Gasteiger partial charge on any atom is -0.352 e. The number of amides is 1. The van der Waals surface area contributed by atoms with Gasteiger partial charge in [-0.2, -0.15) is 0 Å². The van der Waals surface area contributed by atoms with Gasteiger partial charge in [-0.3, -0.25) is 4.79 Å². The van der Waals surface area contributed by atoms with E-state index in [2.05, 4.69) is 22.5 Å². The smallest absolute Gasteiger partial charge is 0.240 e. The van der Waals surface area contributed by atoms with Crippen molar-refractivity contribution < 1.29 is 4.79 Å². The fourth-order valence-electron chi connectivity index (χ4n) is 2.83. The highest BCUT2D eigenvalue weighted by Gasteiger charge is 2.37. The number of carbonyl (C=O) groups is 1. The van der Waals surface area contributed by atoms with Gasteiger partial charge in [0.1, 0.15) is 0 Å². The second kappa shape index (κ2) is 5.36. The molecular weight excluding hydrogens is 214 g/mol. The number of nitrogens with zero attached hydrogens (tertiary/aromatic N) is 1. The average Bonchev–Trinajstić information content (AvgIpc) is 2.78. The molecule has 2 saturated heterocycles. The van der Waals surface area contributed by atoms with Crippen LogP contribution in [0.15, 0.2) is 0 Å². The van der Waals surface area contributed by atoms with E-state index in [1.54, 1.807) is 0 Å². The minimum absolute atomic E-state index is 0.199. The maximum atomic E-state index is 12.2. The molecule has 4 nitrogen and oxygen atoms in total. The highest BCUT2D eigenvalue weighted by molar-refractivity contribution is 5.86. The standard InChI is InChI=1S/C13H25N3O/c1-3-16-9-5-11(6-10-16)15-12(17)13(2)7-4-8-14-13/h11,14H,3-10H2,1-2H3,(H,15,17). The molecule has 4 heteroatoms. The Bertz CT molecular complexity index is 266. The average molecular weight is 239 g/mol. The molecule has 0 aliphatic carbocycles. The molecule has 1 amide bonds. The highest BCUT2D eigenvalue weighted by atomic mass is 16.2. The lowest BCUT2D eigenvalue weighted by Gasteiger charge is -2.33. The Morgan fingerprint density at radius 3 is 2.71 bits per heavy atom. The Balaban J connectivity index is 1.79. The molecule has 2 rings (SSSR count). The van der Waals surface area contributed by atoms with Crippen LogP contribution in [0.25, 0.3) is 0 Å². The van der Waals surface area contributed by atoms with E-state index in [0.29, 0.717) is 6.04 Å². The molecule has 98 valence electrons. The molecule has 0 aromatic carbocycles. The van der Waals surface area contributed by atoms with Crippen LogP contribution in [0.2, 0.25) is 0 Å². The van der Waals surface area contributed by atoms with Crippen molar-refractivity contribution in [2.45, 2.75) is 51.1 Å². The number of carbonyl (C=O) groups excluding carboxylic acids is 1. The Labute approximate surface area is 104 Å². The maximum Gasteiger partial charge on any atom is 0.240 e. The van der Waals surface area contributed by atoms with Crippen molar-refractivity contribution in [2.24, 2.45) is 0 Å². The number of hydrogen-bond donors (Lipinski definition) is 2. The summed E-state index contributed by atoms with van der Waals surface area (Å²) in [6.07, 6.45) is 4.26. The normalized spacial score (nSPS) is 31.6. The number of piperidine rings is 1. The Hall–Kier alpha value is -0.610. The SMILES string of the molecule is CCN1CCC(NC(=O)C2(C)CCCN2)CC1. The summed E-state index contributed by atoms with van der Waals surface area (Å²) in [5.74, 6) is 0.199. The van der Waals surface area contributed by atoms with Crippen LogP contribution in [-0.2, 0) is 4.79 Å². The Morgan fingerprint density at radius 1 is 1.47 bits per heavy atom. The summed E-state index contributed by atoms with van der Waals surface area (Å²) in [6.45, 7) is 8.55. The van der Waals surface area contributed by atoms with Crippen molar-refractivity contribution in [3.8, 4) is 0 Å². The summed E-state index contributed by atoms with van der Waals surface area (Å²) in [5, 5.41) is 6.54. The summed E-state index contributed by atoms with van der Waals surface area (Å²) >= 11 is 0. The summed E-state index contributed by atoms with van der Waals surface area (Å²) < 4.78 is 0. The van der Waals surface area contributed by atoms with Crippen molar-refractivity contribution in [1.82, 2.24) is 15.5 Å². The van der Waals surface area contributed by atoms with Gasteiger partial charge in [-0.25, -0.2) is 0 Å². The van der Waals surface area contributed by atoms with Crippen molar-refractivity contribution in [3.63, 3.8) is 0 Å². The molecule has 0 bridgehead atoms. The van der Waals surface area contributed by atoms with E-state index in [4.69, 9.17) is 0 Å². The summed E-state index contributed by atoms with van der Waals surface area (Å²) in [4.78, 5) is 14.6. The number of hydrogen-bond acceptors (Lipinski definition) is 3. The lowest BCUT2D eigenvalue weighted by molar-refractivity contribution is -0.127. The first-order valence-corrected chi connectivity index (χ1v) is 6.92.